The molecule has 15 heavy (non-hydrogen) atoms. The first-order valence-corrected chi connectivity index (χ1v) is 6.67. The molecule has 0 aromatic carbocycles. The van der Waals surface area contributed by atoms with Gasteiger partial charge in [-0.25, -0.2) is 0 Å². The Balaban J connectivity index is 1.87. The predicted octanol–water partition coefficient (Wildman–Crippen LogP) is 3.22. The standard InChI is InChI=1S/C13H25NO/c1-15-13(10-6-3-7-11-13)14-12-8-4-2-5-9-12/h12,14H,2-11H2,1H3. The van der Waals surface area contributed by atoms with Crippen LogP contribution in [0.5, 0.6) is 0 Å². The highest BCUT2D eigenvalue weighted by Crippen LogP contribution is 2.31. The highest BCUT2D eigenvalue weighted by atomic mass is 16.5. The van der Waals surface area contributed by atoms with Crippen LogP contribution in [0.3, 0.4) is 0 Å². The van der Waals surface area contributed by atoms with E-state index in [2.05, 4.69) is 5.32 Å². The second kappa shape index (κ2) is 5.31. The fraction of sp³-hybridized carbons (Fsp3) is 1.00. The third kappa shape index (κ3) is 2.94. The molecule has 0 atom stereocenters. The predicted molar refractivity (Wildman–Crippen MR) is 62.8 cm³/mol. The maximum Gasteiger partial charge on any atom is 0.119 e. The van der Waals surface area contributed by atoms with E-state index in [1.165, 1.54) is 64.2 Å². The first-order chi connectivity index (χ1) is 7.35. The fourth-order valence-electron chi connectivity index (χ4n) is 3.15. The van der Waals surface area contributed by atoms with E-state index < -0.39 is 0 Å². The molecule has 0 bridgehead atoms. The number of rotatable bonds is 3. The zero-order valence-corrected chi connectivity index (χ0v) is 10.1. The van der Waals surface area contributed by atoms with Crippen LogP contribution >= 0.6 is 0 Å². The minimum atomic E-state index is 0.0280. The molecule has 0 radical (unpaired) electrons. The van der Waals surface area contributed by atoms with Gasteiger partial charge in [0.05, 0.1) is 0 Å². The summed E-state index contributed by atoms with van der Waals surface area (Å²) in [6, 6.07) is 0.719. The van der Waals surface area contributed by atoms with E-state index >= 15 is 0 Å². The number of hydrogen-bond acceptors (Lipinski definition) is 2. The second-order valence-corrected chi connectivity index (χ2v) is 5.24. The maximum absolute atomic E-state index is 5.77. The Kier molecular flexibility index (Phi) is 4.04. The highest BCUT2D eigenvalue weighted by Gasteiger charge is 2.33. The van der Waals surface area contributed by atoms with Crippen molar-refractivity contribution in [3.8, 4) is 0 Å². The summed E-state index contributed by atoms with van der Waals surface area (Å²) in [5.74, 6) is 0. The number of nitrogens with one attached hydrogen (secondary N) is 1. The van der Waals surface area contributed by atoms with Gasteiger partial charge in [0.2, 0.25) is 0 Å². The molecule has 2 aliphatic rings. The van der Waals surface area contributed by atoms with Crippen molar-refractivity contribution in [1.29, 1.82) is 0 Å². The largest absolute Gasteiger partial charge is 0.364 e. The molecule has 2 aliphatic carbocycles. The van der Waals surface area contributed by atoms with Gasteiger partial charge in [0.15, 0.2) is 0 Å². The third-order valence-electron chi connectivity index (χ3n) is 4.12. The molecule has 0 saturated heterocycles. The summed E-state index contributed by atoms with van der Waals surface area (Å²) in [5.41, 5.74) is 0.0280. The topological polar surface area (TPSA) is 21.3 Å². The summed E-state index contributed by atoms with van der Waals surface area (Å²) < 4.78 is 5.77. The van der Waals surface area contributed by atoms with Crippen LogP contribution in [0.2, 0.25) is 0 Å². The van der Waals surface area contributed by atoms with Gasteiger partial charge < -0.3 is 4.74 Å². The Morgan fingerprint density at radius 3 is 2.13 bits per heavy atom. The number of methoxy groups -OCH3 is 1. The van der Waals surface area contributed by atoms with Crippen molar-refractivity contribution in [3.05, 3.63) is 0 Å². The van der Waals surface area contributed by atoms with Crippen LogP contribution in [0.1, 0.15) is 64.2 Å². The van der Waals surface area contributed by atoms with E-state index in [4.69, 9.17) is 4.74 Å². The molecular formula is C13H25NO. The molecule has 2 fully saturated rings. The first kappa shape index (κ1) is 11.4. The molecule has 88 valence electrons. The van der Waals surface area contributed by atoms with Crippen LogP contribution in [0.25, 0.3) is 0 Å². The van der Waals surface area contributed by atoms with Gasteiger partial charge in [-0.05, 0) is 38.5 Å². The van der Waals surface area contributed by atoms with Gasteiger partial charge >= 0.3 is 0 Å². The molecule has 2 heteroatoms. The average molecular weight is 211 g/mol. The van der Waals surface area contributed by atoms with Gasteiger partial charge in [-0.2, -0.15) is 0 Å². The van der Waals surface area contributed by atoms with E-state index in [0.717, 1.165) is 6.04 Å². The minimum Gasteiger partial charge on any atom is -0.364 e. The van der Waals surface area contributed by atoms with E-state index in [9.17, 15) is 0 Å². The van der Waals surface area contributed by atoms with Gasteiger partial charge in [-0.1, -0.05) is 25.7 Å². The van der Waals surface area contributed by atoms with Gasteiger partial charge in [0, 0.05) is 13.2 Å². The van der Waals surface area contributed by atoms with Crippen LogP contribution < -0.4 is 5.32 Å². The molecular weight excluding hydrogens is 186 g/mol. The first-order valence-electron chi connectivity index (χ1n) is 6.67. The van der Waals surface area contributed by atoms with Gasteiger partial charge in [0.1, 0.15) is 5.72 Å². The van der Waals surface area contributed by atoms with Gasteiger partial charge in [-0.3, -0.25) is 5.32 Å². The van der Waals surface area contributed by atoms with Crippen molar-refractivity contribution in [2.24, 2.45) is 0 Å². The molecule has 0 aromatic heterocycles. The van der Waals surface area contributed by atoms with Crippen LogP contribution in [0.15, 0.2) is 0 Å². The lowest BCUT2D eigenvalue weighted by Gasteiger charge is -2.41. The quantitative estimate of drug-likeness (QED) is 0.724. The Labute approximate surface area is 93.8 Å². The maximum atomic E-state index is 5.77. The Bertz CT molecular complexity index is 181. The SMILES string of the molecule is COC1(NC2CCCCC2)CCCCC1. The number of ether oxygens (including phenoxy) is 1. The molecule has 0 heterocycles. The molecule has 2 saturated carbocycles. The Morgan fingerprint density at radius 2 is 1.53 bits per heavy atom. The highest BCUT2D eigenvalue weighted by molar-refractivity contribution is 4.86. The molecule has 2 rings (SSSR count). The average Bonchev–Trinajstić information content (AvgIpc) is 2.32. The smallest absolute Gasteiger partial charge is 0.119 e. The summed E-state index contributed by atoms with van der Waals surface area (Å²) in [4.78, 5) is 0. The molecule has 0 unspecified atom stereocenters. The Hall–Kier alpha value is -0.0800. The molecule has 0 aliphatic heterocycles. The summed E-state index contributed by atoms with van der Waals surface area (Å²) in [6.07, 6.45) is 13.4. The van der Waals surface area contributed by atoms with Crippen molar-refractivity contribution in [3.63, 3.8) is 0 Å². The normalized spacial score (nSPS) is 27.8. The lowest BCUT2D eigenvalue weighted by molar-refractivity contribution is -0.0767. The lowest BCUT2D eigenvalue weighted by Crippen LogP contribution is -2.53. The second-order valence-electron chi connectivity index (χ2n) is 5.24. The van der Waals surface area contributed by atoms with Crippen molar-refractivity contribution in [1.82, 2.24) is 5.32 Å². The third-order valence-corrected chi connectivity index (χ3v) is 4.12. The minimum absolute atomic E-state index is 0.0280. The van der Waals surface area contributed by atoms with Crippen molar-refractivity contribution in [2.45, 2.75) is 76.0 Å². The molecule has 0 spiro atoms. The summed E-state index contributed by atoms with van der Waals surface area (Å²) >= 11 is 0. The van der Waals surface area contributed by atoms with Crippen molar-refractivity contribution >= 4 is 0 Å². The summed E-state index contributed by atoms with van der Waals surface area (Å²) in [5, 5.41) is 3.80. The molecule has 1 N–H and O–H groups in total. The molecule has 0 amide bonds. The van der Waals surface area contributed by atoms with Gasteiger partial charge in [-0.15, -0.1) is 0 Å². The summed E-state index contributed by atoms with van der Waals surface area (Å²) in [7, 11) is 1.88. The van der Waals surface area contributed by atoms with Crippen LogP contribution in [0.4, 0.5) is 0 Å². The zero-order chi connectivity index (χ0) is 10.6. The van der Waals surface area contributed by atoms with Crippen molar-refractivity contribution in [2.75, 3.05) is 7.11 Å². The van der Waals surface area contributed by atoms with Gasteiger partial charge in [0.25, 0.3) is 0 Å². The van der Waals surface area contributed by atoms with E-state index in [1.807, 2.05) is 7.11 Å². The fourth-order valence-corrected chi connectivity index (χ4v) is 3.15. The van der Waals surface area contributed by atoms with Crippen LogP contribution in [-0.4, -0.2) is 18.9 Å². The van der Waals surface area contributed by atoms with Crippen LogP contribution in [-0.2, 0) is 4.74 Å². The van der Waals surface area contributed by atoms with Crippen LogP contribution in [0, 0.1) is 0 Å². The van der Waals surface area contributed by atoms with E-state index in [0.29, 0.717) is 0 Å². The zero-order valence-electron chi connectivity index (χ0n) is 10.1. The van der Waals surface area contributed by atoms with E-state index in [1.54, 1.807) is 0 Å². The monoisotopic (exact) mass is 211 g/mol. The number of hydrogen-bond donors (Lipinski definition) is 1. The lowest BCUT2D eigenvalue weighted by atomic mass is 9.88. The van der Waals surface area contributed by atoms with E-state index in [-0.39, 0.29) is 5.72 Å². The van der Waals surface area contributed by atoms with Crippen molar-refractivity contribution < 1.29 is 4.74 Å². The molecule has 2 nitrogen and oxygen atoms in total. The molecule has 0 aromatic rings. The summed E-state index contributed by atoms with van der Waals surface area (Å²) in [6.45, 7) is 0. The Morgan fingerprint density at radius 1 is 0.933 bits per heavy atom.